The molecule has 2 heterocycles. The summed E-state index contributed by atoms with van der Waals surface area (Å²) in [6.45, 7) is 1.71. The fourth-order valence-corrected chi connectivity index (χ4v) is 3.04. The Morgan fingerprint density at radius 1 is 1.24 bits per heavy atom. The molecule has 8 heteroatoms. The average Bonchev–Trinajstić information content (AvgIpc) is 2.98. The van der Waals surface area contributed by atoms with E-state index in [4.69, 9.17) is 4.74 Å². The summed E-state index contributed by atoms with van der Waals surface area (Å²) in [7, 11) is -5.70. The highest BCUT2D eigenvalue weighted by Gasteiger charge is 2.50. The van der Waals surface area contributed by atoms with Crippen LogP contribution in [0.1, 0.15) is 35.8 Å². The highest BCUT2D eigenvalue weighted by Crippen LogP contribution is 2.51. The van der Waals surface area contributed by atoms with Crippen LogP contribution in [0.2, 0.25) is 0 Å². The predicted molar refractivity (Wildman–Crippen MR) is 67.1 cm³/mol. The maximum atomic E-state index is 12.5. The van der Waals surface area contributed by atoms with Crippen LogP contribution < -0.4 is 4.18 Å². The Labute approximate surface area is 119 Å². The van der Waals surface area contributed by atoms with E-state index in [-0.39, 0.29) is 11.9 Å². The molecule has 3 rings (SSSR count). The second-order valence-electron chi connectivity index (χ2n) is 4.76. The first-order chi connectivity index (χ1) is 9.74. The monoisotopic (exact) mass is 320 g/mol. The lowest BCUT2D eigenvalue weighted by Crippen LogP contribution is -2.29. The normalized spacial score (nSPS) is 23.4. The minimum atomic E-state index is -5.70. The van der Waals surface area contributed by atoms with E-state index in [0.29, 0.717) is 23.1 Å². The number of aryl methyl sites for hydroxylation is 1. The quantitative estimate of drug-likeness (QED) is 0.488. The average molecular weight is 320 g/mol. The van der Waals surface area contributed by atoms with Crippen LogP contribution in [0.4, 0.5) is 13.2 Å². The molecule has 4 nitrogen and oxygen atoms in total. The molecule has 0 spiro atoms. The minimum Gasteiger partial charge on any atom is -0.375 e. The van der Waals surface area contributed by atoms with Gasteiger partial charge in [0.25, 0.3) is 0 Å². The molecule has 0 radical (unpaired) electrons. The molecule has 1 aromatic carbocycles. The van der Waals surface area contributed by atoms with Crippen LogP contribution in [0.3, 0.4) is 0 Å². The zero-order valence-corrected chi connectivity index (χ0v) is 11.7. The number of alkyl halides is 3. The third-order valence-corrected chi connectivity index (χ3v) is 4.47. The first kappa shape index (κ1) is 14.4. The van der Waals surface area contributed by atoms with Crippen molar-refractivity contribution in [3.8, 4) is 5.75 Å². The fraction of sp³-hybridized carbons (Fsp3) is 0.385. The van der Waals surface area contributed by atoms with Crippen molar-refractivity contribution >= 4 is 10.1 Å². The molecule has 1 aromatic rings. The highest BCUT2D eigenvalue weighted by atomic mass is 32.2. The Bertz CT molecular complexity index is 722. The lowest BCUT2D eigenvalue weighted by molar-refractivity contribution is -0.0500. The molecule has 0 N–H and O–H groups in total. The van der Waals surface area contributed by atoms with Gasteiger partial charge in [-0.15, -0.1) is 0 Å². The summed E-state index contributed by atoms with van der Waals surface area (Å²) in [4.78, 5) is 0. The Morgan fingerprint density at radius 2 is 1.90 bits per heavy atom. The number of fused-ring (bicyclic) bond motifs is 5. The van der Waals surface area contributed by atoms with E-state index < -0.39 is 21.7 Å². The summed E-state index contributed by atoms with van der Waals surface area (Å²) in [5, 5.41) is 0. The van der Waals surface area contributed by atoms with Crippen molar-refractivity contribution in [2.24, 2.45) is 0 Å². The summed E-state index contributed by atoms with van der Waals surface area (Å²) in [6, 6.07) is 3.30. The molecule has 2 atom stereocenters. The fourth-order valence-electron chi connectivity index (χ4n) is 2.53. The van der Waals surface area contributed by atoms with Crippen molar-refractivity contribution in [1.82, 2.24) is 0 Å². The van der Waals surface area contributed by atoms with Gasteiger partial charge in [0.15, 0.2) is 5.75 Å². The van der Waals surface area contributed by atoms with Crippen LogP contribution in [0.15, 0.2) is 24.3 Å². The van der Waals surface area contributed by atoms with Gasteiger partial charge in [0, 0.05) is 5.56 Å². The van der Waals surface area contributed by atoms with Crippen LogP contribution in [0, 0.1) is 0 Å². The summed E-state index contributed by atoms with van der Waals surface area (Å²) < 4.78 is 70.1. The molecule has 0 saturated carbocycles. The number of hydrogen-bond acceptors (Lipinski definition) is 4. The van der Waals surface area contributed by atoms with Gasteiger partial charge in [-0.2, -0.15) is 21.6 Å². The Morgan fingerprint density at radius 3 is 2.52 bits per heavy atom. The lowest BCUT2D eigenvalue weighted by Gasteiger charge is -2.18. The molecule has 2 aliphatic heterocycles. The van der Waals surface area contributed by atoms with Crippen molar-refractivity contribution in [1.29, 1.82) is 0 Å². The van der Waals surface area contributed by atoms with Gasteiger partial charge in [0.05, 0.1) is 0 Å². The lowest BCUT2D eigenvalue weighted by atomic mass is 9.93. The van der Waals surface area contributed by atoms with Crippen LogP contribution in [-0.2, 0) is 21.3 Å². The summed E-state index contributed by atoms with van der Waals surface area (Å²) in [5.74, 6) is -0.260. The van der Waals surface area contributed by atoms with E-state index in [1.165, 1.54) is 0 Å². The number of hydrogen-bond donors (Lipinski definition) is 0. The first-order valence-corrected chi connectivity index (χ1v) is 7.65. The summed E-state index contributed by atoms with van der Waals surface area (Å²) >= 11 is 0. The second kappa shape index (κ2) is 4.48. The standard InChI is InChI=1S/C13H11F3O4S/c1-2-7-3-4-8-9-5-6-10(19-9)11(8)12(7)20-21(17,18)13(14,15)16/h3-6,9-10H,2H2,1H3. The Balaban J connectivity index is 2.12. The van der Waals surface area contributed by atoms with E-state index in [1.54, 1.807) is 31.2 Å². The maximum absolute atomic E-state index is 12.5. The Hall–Kier alpha value is -1.54. The molecule has 2 aliphatic rings. The molecule has 114 valence electrons. The number of ether oxygens (including phenoxy) is 1. The van der Waals surface area contributed by atoms with Gasteiger partial charge in [0.2, 0.25) is 0 Å². The highest BCUT2D eigenvalue weighted by molar-refractivity contribution is 7.88. The topological polar surface area (TPSA) is 52.6 Å². The molecule has 0 amide bonds. The van der Waals surface area contributed by atoms with Gasteiger partial charge in [-0.25, -0.2) is 0 Å². The maximum Gasteiger partial charge on any atom is 0.534 e. The van der Waals surface area contributed by atoms with Gasteiger partial charge in [0.1, 0.15) is 12.2 Å². The van der Waals surface area contributed by atoms with Crippen LogP contribution >= 0.6 is 0 Å². The number of rotatable bonds is 3. The SMILES string of the molecule is CCc1ccc2c(c1OS(=O)(=O)C(F)(F)F)C1C=CC2O1. The van der Waals surface area contributed by atoms with E-state index in [2.05, 4.69) is 4.18 Å². The first-order valence-electron chi connectivity index (χ1n) is 6.25. The number of halogens is 3. The van der Waals surface area contributed by atoms with Crippen LogP contribution in [-0.4, -0.2) is 13.9 Å². The molecule has 21 heavy (non-hydrogen) atoms. The van der Waals surface area contributed by atoms with Crippen molar-refractivity contribution in [3.63, 3.8) is 0 Å². The summed E-state index contributed by atoms with van der Waals surface area (Å²) in [5.41, 5.74) is -4.05. The van der Waals surface area contributed by atoms with E-state index >= 15 is 0 Å². The van der Waals surface area contributed by atoms with Crippen LogP contribution in [0.25, 0.3) is 0 Å². The second-order valence-corrected chi connectivity index (χ2v) is 6.29. The Kier molecular flexibility index (Phi) is 3.07. The minimum absolute atomic E-state index is 0.260. The zero-order valence-electron chi connectivity index (χ0n) is 10.8. The van der Waals surface area contributed by atoms with Crippen molar-refractivity contribution < 1.29 is 30.5 Å². The zero-order chi connectivity index (χ0) is 15.4. The van der Waals surface area contributed by atoms with Crippen molar-refractivity contribution in [3.05, 3.63) is 41.0 Å². The van der Waals surface area contributed by atoms with Gasteiger partial charge in [-0.05, 0) is 17.5 Å². The van der Waals surface area contributed by atoms with Gasteiger partial charge in [-0.1, -0.05) is 31.2 Å². The molecule has 0 fully saturated rings. The van der Waals surface area contributed by atoms with E-state index in [9.17, 15) is 21.6 Å². The van der Waals surface area contributed by atoms with E-state index in [1.807, 2.05) is 0 Å². The van der Waals surface area contributed by atoms with Gasteiger partial charge in [-0.3, -0.25) is 0 Å². The molecular weight excluding hydrogens is 309 g/mol. The third kappa shape index (κ3) is 2.13. The van der Waals surface area contributed by atoms with E-state index in [0.717, 1.165) is 0 Å². The van der Waals surface area contributed by atoms with Crippen molar-refractivity contribution in [2.45, 2.75) is 31.1 Å². The largest absolute Gasteiger partial charge is 0.534 e. The molecule has 0 aromatic heterocycles. The number of benzene rings is 1. The molecule has 0 saturated heterocycles. The van der Waals surface area contributed by atoms with Gasteiger partial charge < -0.3 is 8.92 Å². The molecular formula is C13H11F3O4S. The smallest absolute Gasteiger partial charge is 0.375 e. The molecule has 2 bridgehead atoms. The molecule has 2 unspecified atom stereocenters. The predicted octanol–water partition coefficient (Wildman–Crippen LogP) is 3.16. The van der Waals surface area contributed by atoms with Gasteiger partial charge >= 0.3 is 15.6 Å². The molecule has 0 aliphatic carbocycles. The summed E-state index contributed by atoms with van der Waals surface area (Å²) in [6.07, 6.45) is 2.89. The van der Waals surface area contributed by atoms with Crippen molar-refractivity contribution in [2.75, 3.05) is 0 Å². The van der Waals surface area contributed by atoms with Crippen LogP contribution in [0.5, 0.6) is 5.75 Å². The third-order valence-electron chi connectivity index (χ3n) is 3.51.